The standard InChI is InChI=1S/C26H32N2O8.C4H4O4/c1-6-31-23-17-16(18(27)24(32-7-2)25(23)33-8-3)26(29)36-21(17)19-15-13(9-10-28(19)4)11-14-20(22(15)30-5)35-12-34-14;5-3(6)1-2-4(7)8/h11,19,21H,6-10,12,27H2,1-5H3;1-2H,(H,5,6)(H,7,8)/b;2-1+. The lowest BCUT2D eigenvalue weighted by molar-refractivity contribution is -0.134. The summed E-state index contributed by atoms with van der Waals surface area (Å²) in [6.45, 7) is 7.50. The third-order valence-electron chi connectivity index (χ3n) is 7.14. The highest BCUT2D eigenvalue weighted by molar-refractivity contribution is 6.03. The van der Waals surface area contributed by atoms with E-state index in [0.717, 1.165) is 24.1 Å². The summed E-state index contributed by atoms with van der Waals surface area (Å²) in [6.07, 6.45) is 1.16. The number of ether oxygens (including phenoxy) is 7. The minimum atomic E-state index is -1.26. The van der Waals surface area contributed by atoms with E-state index in [1.807, 2.05) is 33.9 Å². The average Bonchev–Trinajstić information content (AvgIpc) is 3.59. The van der Waals surface area contributed by atoms with Crippen molar-refractivity contribution in [3.05, 3.63) is 40.5 Å². The Hall–Kier alpha value is -4.85. The van der Waals surface area contributed by atoms with Gasteiger partial charge in [0.1, 0.15) is 0 Å². The largest absolute Gasteiger partial charge is 0.492 e. The van der Waals surface area contributed by atoms with Crippen LogP contribution < -0.4 is 34.2 Å². The number of nitrogen functional groups attached to an aromatic ring is 1. The summed E-state index contributed by atoms with van der Waals surface area (Å²) in [6, 6.07) is 1.59. The fourth-order valence-electron chi connectivity index (χ4n) is 5.51. The van der Waals surface area contributed by atoms with Gasteiger partial charge in [0, 0.05) is 24.3 Å². The van der Waals surface area contributed by atoms with Crippen LogP contribution in [0.5, 0.6) is 34.5 Å². The SMILES string of the molecule is CCOc1c(N)c2c(c(OCC)c1OCC)C(C1c3c(cc4c(c3OC)OCO4)CCN1C)OC2=O.O=C(O)/C=C/C(=O)O. The first kappa shape index (κ1) is 32.1. The highest BCUT2D eigenvalue weighted by atomic mass is 16.7. The van der Waals surface area contributed by atoms with Crippen LogP contribution in [0.4, 0.5) is 5.69 Å². The third-order valence-corrected chi connectivity index (χ3v) is 7.14. The van der Waals surface area contributed by atoms with Crippen LogP contribution in [0.15, 0.2) is 18.2 Å². The number of aliphatic carboxylic acids is 2. The number of hydrogen-bond acceptors (Lipinski definition) is 12. The van der Waals surface area contributed by atoms with Gasteiger partial charge in [0.15, 0.2) is 29.1 Å². The van der Waals surface area contributed by atoms with E-state index in [0.29, 0.717) is 66.3 Å². The molecule has 0 saturated carbocycles. The molecule has 14 nitrogen and oxygen atoms in total. The van der Waals surface area contributed by atoms with Crippen LogP contribution >= 0.6 is 0 Å². The van der Waals surface area contributed by atoms with E-state index >= 15 is 0 Å². The zero-order valence-corrected chi connectivity index (χ0v) is 25.1. The molecule has 3 heterocycles. The molecule has 3 aliphatic heterocycles. The highest BCUT2D eigenvalue weighted by Gasteiger charge is 2.49. The summed E-state index contributed by atoms with van der Waals surface area (Å²) in [7, 11) is 3.59. The molecule has 2 atom stereocenters. The minimum absolute atomic E-state index is 0.124. The second-order valence-electron chi connectivity index (χ2n) is 9.72. The number of fused-ring (bicyclic) bond motifs is 3. The van der Waals surface area contributed by atoms with Gasteiger partial charge in [-0.3, -0.25) is 4.90 Å². The average molecular weight is 617 g/mol. The summed E-state index contributed by atoms with van der Waals surface area (Å²) in [5.74, 6) is -0.206. The number of carbonyl (C=O) groups excluding carboxylic acids is 1. The van der Waals surface area contributed by atoms with E-state index in [1.54, 1.807) is 7.11 Å². The molecule has 2 aromatic rings. The summed E-state index contributed by atoms with van der Waals surface area (Å²) < 4.78 is 41.2. The Kier molecular flexibility index (Phi) is 9.94. The molecular formula is C30H36N2O12. The molecule has 0 aromatic heterocycles. The Balaban J connectivity index is 0.000000488. The lowest BCUT2D eigenvalue weighted by Gasteiger charge is -2.38. The molecule has 4 N–H and O–H groups in total. The Labute approximate surface area is 253 Å². The van der Waals surface area contributed by atoms with Gasteiger partial charge >= 0.3 is 17.9 Å². The molecule has 44 heavy (non-hydrogen) atoms. The minimum Gasteiger partial charge on any atom is -0.492 e. The van der Waals surface area contributed by atoms with E-state index in [4.69, 9.17) is 49.1 Å². The van der Waals surface area contributed by atoms with Gasteiger partial charge in [-0.1, -0.05) is 0 Å². The Morgan fingerprint density at radius 2 is 1.59 bits per heavy atom. The molecule has 5 rings (SSSR count). The van der Waals surface area contributed by atoms with Gasteiger partial charge in [-0.05, 0) is 45.9 Å². The van der Waals surface area contributed by atoms with E-state index < -0.39 is 30.1 Å². The number of methoxy groups -OCH3 is 1. The number of nitrogens with zero attached hydrogens (tertiary/aromatic N) is 1. The van der Waals surface area contributed by atoms with Gasteiger partial charge in [0.05, 0.1) is 49.8 Å². The van der Waals surface area contributed by atoms with Crippen molar-refractivity contribution in [1.29, 1.82) is 0 Å². The fraction of sp³-hybridized carbons (Fsp3) is 0.433. The van der Waals surface area contributed by atoms with Crippen LogP contribution in [0.25, 0.3) is 0 Å². The first-order valence-electron chi connectivity index (χ1n) is 14.0. The molecule has 0 aliphatic carbocycles. The summed E-state index contributed by atoms with van der Waals surface area (Å²) in [5, 5.41) is 15.6. The molecule has 0 saturated heterocycles. The lowest BCUT2D eigenvalue weighted by Crippen LogP contribution is -2.36. The summed E-state index contributed by atoms with van der Waals surface area (Å²) in [5.41, 5.74) is 9.43. The predicted molar refractivity (Wildman–Crippen MR) is 155 cm³/mol. The van der Waals surface area contributed by atoms with Gasteiger partial charge in [-0.25, -0.2) is 14.4 Å². The molecule has 14 heteroatoms. The fourth-order valence-corrected chi connectivity index (χ4v) is 5.51. The number of benzene rings is 2. The monoisotopic (exact) mass is 616 g/mol. The van der Waals surface area contributed by atoms with Crippen LogP contribution in [0, 0.1) is 0 Å². The van der Waals surface area contributed by atoms with Crippen LogP contribution in [0.2, 0.25) is 0 Å². The number of esters is 1. The first-order valence-corrected chi connectivity index (χ1v) is 14.0. The molecule has 0 radical (unpaired) electrons. The smallest absolute Gasteiger partial charge is 0.341 e. The zero-order chi connectivity index (χ0) is 32.1. The van der Waals surface area contributed by atoms with Crippen molar-refractivity contribution >= 4 is 23.6 Å². The number of hydrogen-bond donors (Lipinski definition) is 3. The van der Waals surface area contributed by atoms with E-state index in [9.17, 15) is 14.4 Å². The van der Waals surface area contributed by atoms with Crippen molar-refractivity contribution in [2.24, 2.45) is 0 Å². The van der Waals surface area contributed by atoms with Gasteiger partial charge in [-0.15, -0.1) is 0 Å². The van der Waals surface area contributed by atoms with E-state index in [2.05, 4.69) is 4.90 Å². The number of carboxylic acid groups (broad SMARTS) is 2. The highest BCUT2D eigenvalue weighted by Crippen LogP contribution is 2.59. The predicted octanol–water partition coefficient (Wildman–Crippen LogP) is 3.35. The number of anilines is 1. The van der Waals surface area contributed by atoms with Crippen molar-refractivity contribution in [3.63, 3.8) is 0 Å². The second kappa shape index (κ2) is 13.6. The number of carbonyl (C=O) groups is 3. The Bertz CT molecular complexity index is 1460. The van der Waals surface area contributed by atoms with E-state index in [1.165, 1.54) is 0 Å². The quantitative estimate of drug-likeness (QED) is 0.200. The third kappa shape index (κ3) is 5.97. The van der Waals surface area contributed by atoms with Crippen LogP contribution in [0.1, 0.15) is 60.0 Å². The number of rotatable bonds is 10. The second-order valence-corrected chi connectivity index (χ2v) is 9.72. The molecule has 0 bridgehead atoms. The lowest BCUT2D eigenvalue weighted by atomic mass is 9.85. The summed E-state index contributed by atoms with van der Waals surface area (Å²) in [4.78, 5) is 34.6. The Morgan fingerprint density at radius 1 is 0.977 bits per heavy atom. The molecule has 0 fully saturated rings. The maximum Gasteiger partial charge on any atom is 0.341 e. The van der Waals surface area contributed by atoms with Crippen LogP contribution in [-0.4, -0.2) is 80.3 Å². The van der Waals surface area contributed by atoms with Gasteiger partial charge in [0.25, 0.3) is 0 Å². The number of carboxylic acids is 2. The topological polar surface area (TPSA) is 186 Å². The van der Waals surface area contributed by atoms with Crippen molar-refractivity contribution in [2.75, 3.05) is 53.0 Å². The Morgan fingerprint density at radius 3 is 2.18 bits per heavy atom. The van der Waals surface area contributed by atoms with Gasteiger partial charge in [0.2, 0.25) is 18.3 Å². The molecule has 2 aromatic carbocycles. The molecule has 0 spiro atoms. The van der Waals surface area contributed by atoms with Crippen LogP contribution in [-0.2, 0) is 20.7 Å². The molecule has 0 amide bonds. The molecule has 238 valence electrons. The van der Waals surface area contributed by atoms with Gasteiger partial charge in [-0.2, -0.15) is 0 Å². The number of likely N-dealkylation sites (N-methyl/N-ethyl adjacent to an activating group) is 1. The van der Waals surface area contributed by atoms with Crippen molar-refractivity contribution in [3.8, 4) is 34.5 Å². The molecule has 2 unspecified atom stereocenters. The zero-order valence-electron chi connectivity index (χ0n) is 25.1. The normalized spacial score (nSPS) is 18.1. The molecule has 3 aliphatic rings. The molecular weight excluding hydrogens is 580 g/mol. The van der Waals surface area contributed by atoms with E-state index in [-0.39, 0.29) is 23.8 Å². The van der Waals surface area contributed by atoms with Crippen molar-refractivity contribution in [1.82, 2.24) is 4.90 Å². The summed E-state index contributed by atoms with van der Waals surface area (Å²) >= 11 is 0. The maximum absolute atomic E-state index is 13.3. The maximum atomic E-state index is 13.3. The van der Waals surface area contributed by atoms with Crippen molar-refractivity contribution < 1.29 is 57.8 Å². The number of nitrogens with two attached hydrogens (primary N) is 1. The van der Waals surface area contributed by atoms with Gasteiger partial charge < -0.3 is 49.1 Å². The first-order chi connectivity index (χ1) is 21.1. The van der Waals surface area contributed by atoms with Crippen molar-refractivity contribution in [2.45, 2.75) is 39.3 Å². The number of cyclic esters (lactones) is 1. The van der Waals surface area contributed by atoms with Crippen LogP contribution in [0.3, 0.4) is 0 Å².